The molecule has 0 spiro atoms. The van der Waals surface area contributed by atoms with E-state index in [9.17, 15) is 4.79 Å². The monoisotopic (exact) mass is 260 g/mol. The molecule has 0 aliphatic carbocycles. The third-order valence-electron chi connectivity index (χ3n) is 2.74. The van der Waals surface area contributed by atoms with E-state index >= 15 is 0 Å². The largest absolute Gasteiger partial charge is 0.481 e. The minimum absolute atomic E-state index is 0.0435. The second kappa shape index (κ2) is 5.23. The van der Waals surface area contributed by atoms with E-state index in [4.69, 9.17) is 16.7 Å². The van der Waals surface area contributed by atoms with Gasteiger partial charge in [0.2, 0.25) is 0 Å². The smallest absolute Gasteiger partial charge is 0.307 e. The molecule has 2 aromatic rings. The zero-order valence-corrected chi connectivity index (χ0v) is 10.7. The number of carbonyl (C=O) groups is 1. The van der Waals surface area contributed by atoms with Crippen LogP contribution < -0.4 is 0 Å². The predicted octanol–water partition coefficient (Wildman–Crippen LogP) is 3.94. The zero-order valence-electron chi connectivity index (χ0n) is 9.98. The van der Waals surface area contributed by atoms with Crippen LogP contribution in [0.3, 0.4) is 0 Å². The van der Waals surface area contributed by atoms with Gasteiger partial charge in [-0.15, -0.1) is 0 Å². The number of aliphatic carboxylic acids is 1. The van der Waals surface area contributed by atoms with Gasteiger partial charge in [-0.1, -0.05) is 47.5 Å². The topological polar surface area (TPSA) is 37.3 Å². The van der Waals surface area contributed by atoms with Crippen molar-refractivity contribution in [3.63, 3.8) is 0 Å². The molecule has 2 nitrogen and oxygen atoms in total. The van der Waals surface area contributed by atoms with E-state index in [2.05, 4.69) is 0 Å². The van der Waals surface area contributed by atoms with E-state index in [1.54, 1.807) is 0 Å². The summed E-state index contributed by atoms with van der Waals surface area (Å²) in [5.41, 5.74) is 3.90. The number of aryl methyl sites for hydroxylation is 1. The quantitative estimate of drug-likeness (QED) is 0.908. The second-order valence-electron chi connectivity index (χ2n) is 4.25. The molecule has 0 radical (unpaired) electrons. The Hall–Kier alpha value is -1.80. The molecule has 2 rings (SSSR count). The SMILES string of the molecule is Cc1ccc(Cl)c(-c2ccc(CC(=O)O)cc2)c1. The molecule has 0 bridgehead atoms. The molecule has 0 saturated carbocycles. The van der Waals surface area contributed by atoms with E-state index in [-0.39, 0.29) is 6.42 Å². The maximum Gasteiger partial charge on any atom is 0.307 e. The summed E-state index contributed by atoms with van der Waals surface area (Å²) in [7, 11) is 0. The van der Waals surface area contributed by atoms with Crippen molar-refractivity contribution in [1.29, 1.82) is 0 Å². The lowest BCUT2D eigenvalue weighted by Crippen LogP contribution is -1.99. The Labute approximate surface area is 111 Å². The molecular weight excluding hydrogens is 248 g/mol. The highest BCUT2D eigenvalue weighted by Gasteiger charge is 2.05. The molecule has 92 valence electrons. The third-order valence-corrected chi connectivity index (χ3v) is 3.07. The van der Waals surface area contributed by atoms with E-state index in [0.29, 0.717) is 5.02 Å². The zero-order chi connectivity index (χ0) is 13.1. The summed E-state index contributed by atoms with van der Waals surface area (Å²) >= 11 is 6.16. The predicted molar refractivity (Wildman–Crippen MR) is 73.0 cm³/mol. The number of halogens is 1. The molecule has 1 N–H and O–H groups in total. The normalized spacial score (nSPS) is 10.3. The van der Waals surface area contributed by atoms with Crippen molar-refractivity contribution < 1.29 is 9.90 Å². The summed E-state index contributed by atoms with van der Waals surface area (Å²) in [6, 6.07) is 13.3. The molecule has 18 heavy (non-hydrogen) atoms. The molecule has 2 aromatic carbocycles. The second-order valence-corrected chi connectivity index (χ2v) is 4.66. The molecule has 0 aliphatic heterocycles. The lowest BCUT2D eigenvalue weighted by atomic mass is 10.0. The lowest BCUT2D eigenvalue weighted by molar-refractivity contribution is -0.136. The maximum absolute atomic E-state index is 10.6. The third kappa shape index (κ3) is 2.90. The van der Waals surface area contributed by atoms with Crippen LogP contribution in [0.25, 0.3) is 11.1 Å². The van der Waals surface area contributed by atoms with E-state index in [1.165, 1.54) is 0 Å². The molecular formula is C15H13ClO2. The molecule has 0 fully saturated rings. The number of rotatable bonds is 3. The maximum atomic E-state index is 10.6. The van der Waals surface area contributed by atoms with Crippen LogP contribution in [0.4, 0.5) is 0 Å². The van der Waals surface area contributed by atoms with Gasteiger partial charge in [-0.25, -0.2) is 0 Å². The van der Waals surface area contributed by atoms with Crippen LogP contribution in [-0.2, 0) is 11.2 Å². The fourth-order valence-electron chi connectivity index (χ4n) is 1.84. The summed E-state index contributed by atoms with van der Waals surface area (Å²) in [5, 5.41) is 9.41. The van der Waals surface area contributed by atoms with E-state index in [0.717, 1.165) is 22.3 Å². The Balaban J connectivity index is 2.34. The summed E-state index contributed by atoms with van der Waals surface area (Å²) in [4.78, 5) is 10.6. The van der Waals surface area contributed by atoms with Crippen molar-refractivity contribution in [2.75, 3.05) is 0 Å². The van der Waals surface area contributed by atoms with Crippen LogP contribution in [-0.4, -0.2) is 11.1 Å². The van der Waals surface area contributed by atoms with Crippen molar-refractivity contribution in [3.8, 4) is 11.1 Å². The summed E-state index contributed by atoms with van der Waals surface area (Å²) < 4.78 is 0. The van der Waals surface area contributed by atoms with Gasteiger partial charge in [0, 0.05) is 10.6 Å². The van der Waals surface area contributed by atoms with Crippen LogP contribution in [0.5, 0.6) is 0 Å². The summed E-state index contributed by atoms with van der Waals surface area (Å²) in [5.74, 6) is -0.823. The van der Waals surface area contributed by atoms with E-state index < -0.39 is 5.97 Å². The van der Waals surface area contributed by atoms with Crippen molar-refractivity contribution in [2.45, 2.75) is 13.3 Å². The summed E-state index contributed by atoms with van der Waals surface area (Å²) in [6.45, 7) is 2.01. The van der Waals surface area contributed by atoms with Crippen molar-refractivity contribution in [3.05, 3.63) is 58.6 Å². The Morgan fingerprint density at radius 2 is 1.83 bits per heavy atom. The first kappa shape index (κ1) is 12.7. The molecule has 3 heteroatoms. The number of benzene rings is 2. The van der Waals surface area contributed by atoms with Gasteiger partial charge < -0.3 is 5.11 Å². The first-order chi connectivity index (χ1) is 8.56. The van der Waals surface area contributed by atoms with E-state index in [1.807, 2.05) is 49.4 Å². The molecule has 0 aliphatic rings. The Kier molecular flexibility index (Phi) is 3.68. The highest BCUT2D eigenvalue weighted by Crippen LogP contribution is 2.28. The first-order valence-electron chi connectivity index (χ1n) is 5.63. The molecule has 0 saturated heterocycles. The number of carboxylic acids is 1. The summed E-state index contributed by atoms with van der Waals surface area (Å²) in [6.07, 6.45) is 0.0435. The highest BCUT2D eigenvalue weighted by molar-refractivity contribution is 6.33. The van der Waals surface area contributed by atoms with Gasteiger partial charge in [0.25, 0.3) is 0 Å². The van der Waals surface area contributed by atoms with Crippen molar-refractivity contribution in [1.82, 2.24) is 0 Å². The van der Waals surface area contributed by atoms with Gasteiger partial charge in [-0.05, 0) is 30.2 Å². The molecule has 0 unspecified atom stereocenters. The van der Waals surface area contributed by atoms with Gasteiger partial charge in [-0.3, -0.25) is 4.79 Å². The van der Waals surface area contributed by atoms with Crippen LogP contribution >= 0.6 is 11.6 Å². The lowest BCUT2D eigenvalue weighted by Gasteiger charge is -2.06. The van der Waals surface area contributed by atoms with Gasteiger partial charge >= 0.3 is 5.97 Å². The van der Waals surface area contributed by atoms with Crippen LogP contribution in [0.1, 0.15) is 11.1 Å². The molecule has 0 aromatic heterocycles. The molecule has 0 amide bonds. The number of carboxylic acid groups (broad SMARTS) is 1. The van der Waals surface area contributed by atoms with Crippen LogP contribution in [0, 0.1) is 6.92 Å². The number of hydrogen-bond donors (Lipinski definition) is 1. The molecule has 0 atom stereocenters. The Morgan fingerprint density at radius 3 is 2.44 bits per heavy atom. The standard InChI is InChI=1S/C15H13ClO2/c1-10-2-7-14(16)13(8-10)12-5-3-11(4-6-12)9-15(17)18/h2-8H,9H2,1H3,(H,17,18). The van der Waals surface area contributed by atoms with Crippen LogP contribution in [0.15, 0.2) is 42.5 Å². The van der Waals surface area contributed by atoms with Gasteiger partial charge in [-0.2, -0.15) is 0 Å². The average molecular weight is 261 g/mol. The van der Waals surface area contributed by atoms with Gasteiger partial charge in [0.05, 0.1) is 6.42 Å². The first-order valence-corrected chi connectivity index (χ1v) is 6.01. The van der Waals surface area contributed by atoms with Crippen molar-refractivity contribution >= 4 is 17.6 Å². The van der Waals surface area contributed by atoms with Gasteiger partial charge in [0.15, 0.2) is 0 Å². The van der Waals surface area contributed by atoms with Crippen molar-refractivity contribution in [2.24, 2.45) is 0 Å². The minimum atomic E-state index is -0.823. The Morgan fingerprint density at radius 1 is 1.17 bits per heavy atom. The Bertz CT molecular complexity index is 574. The minimum Gasteiger partial charge on any atom is -0.481 e. The highest BCUT2D eigenvalue weighted by atomic mass is 35.5. The fourth-order valence-corrected chi connectivity index (χ4v) is 2.06. The van der Waals surface area contributed by atoms with Crippen LogP contribution in [0.2, 0.25) is 5.02 Å². The average Bonchev–Trinajstić information content (AvgIpc) is 2.33. The number of hydrogen-bond acceptors (Lipinski definition) is 1. The molecule has 0 heterocycles. The van der Waals surface area contributed by atoms with Gasteiger partial charge in [0.1, 0.15) is 0 Å². The fraction of sp³-hybridized carbons (Fsp3) is 0.133.